The monoisotopic (exact) mass is 226 g/mol. The van der Waals surface area contributed by atoms with Gasteiger partial charge in [-0.1, -0.05) is 0 Å². The summed E-state index contributed by atoms with van der Waals surface area (Å²) in [6.45, 7) is 1.46. The highest BCUT2D eigenvalue weighted by Gasteiger charge is 2.22. The van der Waals surface area contributed by atoms with Crippen molar-refractivity contribution in [1.29, 1.82) is 5.26 Å². The summed E-state index contributed by atoms with van der Waals surface area (Å²) >= 11 is 0. The topological polar surface area (TPSA) is 63.0 Å². The van der Waals surface area contributed by atoms with Crippen LogP contribution in [0.5, 0.6) is 0 Å². The number of methoxy groups -OCH3 is 1. The second-order valence-corrected chi connectivity index (χ2v) is 2.98. The van der Waals surface area contributed by atoms with Gasteiger partial charge in [-0.15, -0.1) is 0 Å². The fourth-order valence-corrected chi connectivity index (χ4v) is 1.24. The van der Waals surface area contributed by atoms with Crippen LogP contribution in [0, 0.1) is 18.3 Å². The van der Waals surface area contributed by atoms with Gasteiger partial charge in [0.15, 0.2) is 0 Å². The first-order valence-corrected chi connectivity index (χ1v) is 4.29. The quantitative estimate of drug-likeness (QED) is 0.723. The zero-order valence-electron chi connectivity index (χ0n) is 8.62. The second-order valence-electron chi connectivity index (χ2n) is 2.98. The summed E-state index contributed by atoms with van der Waals surface area (Å²) in [5.41, 5.74) is -1.09. The van der Waals surface area contributed by atoms with Gasteiger partial charge in [-0.2, -0.15) is 5.26 Å². The molecule has 0 unspecified atom stereocenters. The smallest absolute Gasteiger partial charge is 0.339 e. The Morgan fingerprint density at radius 1 is 1.62 bits per heavy atom. The van der Waals surface area contributed by atoms with E-state index in [-0.39, 0.29) is 11.3 Å². The third-order valence-electron chi connectivity index (χ3n) is 1.90. The van der Waals surface area contributed by atoms with Crippen LogP contribution in [0.2, 0.25) is 0 Å². The third kappa shape index (κ3) is 2.14. The van der Waals surface area contributed by atoms with Crippen LogP contribution in [0.15, 0.2) is 6.07 Å². The molecule has 0 saturated heterocycles. The van der Waals surface area contributed by atoms with Crippen molar-refractivity contribution in [1.82, 2.24) is 4.98 Å². The number of hydrogen-bond donors (Lipinski definition) is 0. The minimum absolute atomic E-state index is 0.187. The van der Waals surface area contributed by atoms with Crippen LogP contribution in [-0.4, -0.2) is 18.1 Å². The number of rotatable bonds is 2. The average molecular weight is 226 g/mol. The summed E-state index contributed by atoms with van der Waals surface area (Å²) in [4.78, 5) is 14.8. The summed E-state index contributed by atoms with van der Waals surface area (Å²) in [6.07, 6.45) is -2.90. The van der Waals surface area contributed by atoms with Gasteiger partial charge in [-0.05, 0) is 13.0 Å². The minimum atomic E-state index is -2.90. The van der Waals surface area contributed by atoms with Crippen LogP contribution in [-0.2, 0) is 4.74 Å². The molecule has 0 amide bonds. The number of halogens is 2. The lowest BCUT2D eigenvalue weighted by Gasteiger charge is -2.07. The third-order valence-corrected chi connectivity index (χ3v) is 1.90. The zero-order valence-corrected chi connectivity index (χ0v) is 8.62. The molecule has 1 heterocycles. The normalized spacial score (nSPS) is 10.0. The summed E-state index contributed by atoms with van der Waals surface area (Å²) < 4.78 is 29.6. The molecule has 0 atom stereocenters. The Balaban J connectivity index is 3.50. The molecule has 1 aromatic heterocycles. The van der Waals surface area contributed by atoms with Gasteiger partial charge >= 0.3 is 5.97 Å². The predicted molar refractivity (Wildman–Crippen MR) is 50.0 cm³/mol. The van der Waals surface area contributed by atoms with E-state index in [0.29, 0.717) is 0 Å². The molecule has 4 nitrogen and oxygen atoms in total. The highest BCUT2D eigenvalue weighted by atomic mass is 19.3. The standard InChI is InChI=1S/C10H8F2N2O2/c1-5-3-6(10(15)16-2)7(4-13)8(14-5)9(11)12/h3,9H,1-2H3. The van der Waals surface area contributed by atoms with Gasteiger partial charge in [0.1, 0.15) is 11.8 Å². The summed E-state index contributed by atoms with van der Waals surface area (Å²) in [5.74, 6) is -0.830. The number of aryl methyl sites for hydroxylation is 1. The lowest BCUT2D eigenvalue weighted by atomic mass is 10.1. The van der Waals surface area contributed by atoms with E-state index in [1.807, 2.05) is 0 Å². The van der Waals surface area contributed by atoms with Gasteiger partial charge in [0.05, 0.1) is 18.2 Å². The van der Waals surface area contributed by atoms with Crippen LogP contribution < -0.4 is 0 Å². The van der Waals surface area contributed by atoms with Gasteiger partial charge in [-0.3, -0.25) is 4.98 Å². The van der Waals surface area contributed by atoms with E-state index in [1.54, 1.807) is 6.07 Å². The van der Waals surface area contributed by atoms with Crippen molar-refractivity contribution in [2.75, 3.05) is 7.11 Å². The van der Waals surface area contributed by atoms with Gasteiger partial charge < -0.3 is 4.74 Å². The number of aromatic nitrogens is 1. The van der Waals surface area contributed by atoms with Gasteiger partial charge in [0, 0.05) is 5.69 Å². The fraction of sp³-hybridized carbons (Fsp3) is 0.300. The van der Waals surface area contributed by atoms with Crippen molar-refractivity contribution in [3.05, 3.63) is 28.6 Å². The van der Waals surface area contributed by atoms with Crippen molar-refractivity contribution in [2.24, 2.45) is 0 Å². The zero-order chi connectivity index (χ0) is 12.3. The Kier molecular flexibility index (Phi) is 3.51. The van der Waals surface area contributed by atoms with E-state index in [0.717, 1.165) is 7.11 Å². The molecule has 1 aromatic rings. The molecule has 1 rings (SSSR count). The Hall–Kier alpha value is -2.03. The van der Waals surface area contributed by atoms with Gasteiger partial charge in [-0.25, -0.2) is 13.6 Å². The maximum Gasteiger partial charge on any atom is 0.339 e. The molecule has 0 radical (unpaired) electrons. The second kappa shape index (κ2) is 4.66. The number of carbonyl (C=O) groups excluding carboxylic acids is 1. The average Bonchev–Trinajstić information content (AvgIpc) is 2.26. The first kappa shape index (κ1) is 12.0. The van der Waals surface area contributed by atoms with Crippen molar-refractivity contribution in [3.63, 3.8) is 0 Å². The molecule has 0 N–H and O–H groups in total. The molecule has 0 bridgehead atoms. The van der Waals surface area contributed by atoms with Crippen LogP contribution in [0.25, 0.3) is 0 Å². The molecule has 0 fully saturated rings. The van der Waals surface area contributed by atoms with E-state index in [4.69, 9.17) is 5.26 Å². The molecule has 0 saturated carbocycles. The minimum Gasteiger partial charge on any atom is -0.465 e. The highest BCUT2D eigenvalue weighted by molar-refractivity contribution is 5.92. The van der Waals surface area contributed by atoms with Crippen LogP contribution in [0.3, 0.4) is 0 Å². The molecule has 84 valence electrons. The molecule has 0 aliphatic heterocycles. The first-order chi connectivity index (χ1) is 7.51. The van der Waals surface area contributed by atoms with Crippen LogP contribution in [0.4, 0.5) is 8.78 Å². The van der Waals surface area contributed by atoms with Crippen molar-refractivity contribution >= 4 is 5.97 Å². The number of alkyl halides is 2. The molecule has 0 spiro atoms. The largest absolute Gasteiger partial charge is 0.465 e. The predicted octanol–water partition coefficient (Wildman–Crippen LogP) is 1.99. The van der Waals surface area contributed by atoms with E-state index in [1.165, 1.54) is 13.0 Å². The fourth-order valence-electron chi connectivity index (χ4n) is 1.24. The summed E-state index contributed by atoms with van der Waals surface area (Å²) in [5, 5.41) is 8.75. The Labute approximate surface area is 90.5 Å². The van der Waals surface area contributed by atoms with Crippen molar-refractivity contribution in [3.8, 4) is 6.07 Å². The van der Waals surface area contributed by atoms with E-state index < -0.39 is 23.7 Å². The number of esters is 1. The Morgan fingerprint density at radius 3 is 2.69 bits per heavy atom. The Morgan fingerprint density at radius 2 is 2.25 bits per heavy atom. The number of hydrogen-bond acceptors (Lipinski definition) is 4. The lowest BCUT2D eigenvalue weighted by molar-refractivity contribution is 0.0599. The van der Waals surface area contributed by atoms with Crippen molar-refractivity contribution < 1.29 is 18.3 Å². The molecule has 6 heteroatoms. The number of nitrogens with zero attached hydrogens (tertiary/aromatic N) is 2. The number of nitriles is 1. The molecule has 0 aromatic carbocycles. The molecular formula is C10H8F2N2O2. The molecule has 0 aliphatic carbocycles. The van der Waals surface area contributed by atoms with Gasteiger partial charge in [0.25, 0.3) is 6.43 Å². The van der Waals surface area contributed by atoms with Crippen LogP contribution in [0.1, 0.15) is 33.7 Å². The lowest BCUT2D eigenvalue weighted by Crippen LogP contribution is -2.09. The number of carbonyl (C=O) groups is 1. The first-order valence-electron chi connectivity index (χ1n) is 4.29. The molecular weight excluding hydrogens is 218 g/mol. The van der Waals surface area contributed by atoms with E-state index >= 15 is 0 Å². The maximum atomic E-state index is 12.6. The van der Waals surface area contributed by atoms with Crippen LogP contribution >= 0.6 is 0 Å². The highest BCUT2D eigenvalue weighted by Crippen LogP contribution is 2.24. The number of ether oxygens (including phenoxy) is 1. The summed E-state index contributed by atoms with van der Waals surface area (Å²) in [7, 11) is 1.11. The maximum absolute atomic E-state index is 12.6. The number of pyridine rings is 1. The van der Waals surface area contributed by atoms with Gasteiger partial charge in [0.2, 0.25) is 0 Å². The Bertz CT molecular complexity index is 467. The van der Waals surface area contributed by atoms with E-state index in [2.05, 4.69) is 9.72 Å². The summed E-state index contributed by atoms with van der Waals surface area (Å²) in [6, 6.07) is 2.79. The molecule has 16 heavy (non-hydrogen) atoms. The SMILES string of the molecule is COC(=O)c1cc(C)nc(C(F)F)c1C#N. The van der Waals surface area contributed by atoms with Crippen molar-refractivity contribution in [2.45, 2.75) is 13.3 Å². The van der Waals surface area contributed by atoms with E-state index in [9.17, 15) is 13.6 Å². The molecule has 0 aliphatic rings.